The molecule has 2 aromatic rings. The van der Waals surface area contributed by atoms with Gasteiger partial charge < -0.3 is 10.1 Å². The van der Waals surface area contributed by atoms with Crippen LogP contribution in [0.1, 0.15) is 23.2 Å². The minimum absolute atomic E-state index is 0.0707. The summed E-state index contributed by atoms with van der Waals surface area (Å²) >= 11 is 1.49. The molecule has 2 aromatic heterocycles. The molecule has 4 rings (SSSR count). The topological polar surface area (TPSA) is 88.6 Å². The normalized spacial score (nSPS) is 21.9. The Bertz CT molecular complexity index is 894. The van der Waals surface area contributed by atoms with E-state index in [9.17, 15) is 13.2 Å². The van der Waals surface area contributed by atoms with Gasteiger partial charge in [0.1, 0.15) is 4.90 Å². The van der Waals surface area contributed by atoms with Crippen molar-refractivity contribution in [1.82, 2.24) is 14.6 Å². The summed E-state index contributed by atoms with van der Waals surface area (Å²) in [5.41, 5.74) is 0.248. The molecule has 144 valence electrons. The summed E-state index contributed by atoms with van der Waals surface area (Å²) in [7, 11) is -3.53. The molecule has 1 atom stereocenters. The highest BCUT2D eigenvalue weighted by atomic mass is 32.2. The Morgan fingerprint density at radius 2 is 2.26 bits per heavy atom. The Hall–Kier alpha value is -1.81. The van der Waals surface area contributed by atoms with E-state index in [2.05, 4.69) is 10.3 Å². The van der Waals surface area contributed by atoms with Gasteiger partial charge in [0.2, 0.25) is 10.0 Å². The molecular weight excluding hydrogens is 386 g/mol. The fourth-order valence-corrected chi connectivity index (χ4v) is 5.92. The lowest BCUT2D eigenvalue weighted by atomic mass is 9.80. The van der Waals surface area contributed by atoms with Gasteiger partial charge in [-0.2, -0.15) is 15.6 Å². The average Bonchev–Trinajstić information content (AvgIpc) is 3.31. The van der Waals surface area contributed by atoms with Crippen LogP contribution in [0.4, 0.5) is 0 Å². The van der Waals surface area contributed by atoms with Gasteiger partial charge in [0.25, 0.3) is 5.91 Å². The molecule has 4 heterocycles. The number of hydrogen-bond acceptors (Lipinski definition) is 6. The van der Waals surface area contributed by atoms with E-state index in [-0.39, 0.29) is 16.7 Å². The number of sulfonamides is 1. The smallest absolute Gasteiger partial charge is 0.252 e. The van der Waals surface area contributed by atoms with Crippen molar-refractivity contribution < 1.29 is 17.9 Å². The summed E-state index contributed by atoms with van der Waals surface area (Å²) in [6, 6.07) is 4.97. The average molecular weight is 408 g/mol. The van der Waals surface area contributed by atoms with Crippen molar-refractivity contribution in [2.24, 2.45) is 5.92 Å². The first-order chi connectivity index (χ1) is 13.0. The summed E-state index contributed by atoms with van der Waals surface area (Å²) in [5, 5.41) is 6.63. The third-order valence-corrected chi connectivity index (χ3v) is 7.78. The number of pyridine rings is 1. The maximum absolute atomic E-state index is 12.7. The zero-order valence-corrected chi connectivity index (χ0v) is 16.3. The Balaban J connectivity index is 1.34. The number of carbonyl (C=O) groups is 1. The zero-order valence-electron chi connectivity index (χ0n) is 14.7. The van der Waals surface area contributed by atoms with Crippen molar-refractivity contribution in [2.75, 3.05) is 26.2 Å². The molecule has 2 aliphatic rings. The van der Waals surface area contributed by atoms with E-state index in [4.69, 9.17) is 4.74 Å². The minimum Gasteiger partial charge on any atom is -0.372 e. The fraction of sp³-hybridized carbons (Fsp3) is 0.444. The van der Waals surface area contributed by atoms with E-state index in [1.54, 1.807) is 24.4 Å². The second kappa shape index (κ2) is 7.31. The molecule has 2 saturated heterocycles. The van der Waals surface area contributed by atoms with Crippen LogP contribution in [0.5, 0.6) is 0 Å². The molecule has 0 unspecified atom stereocenters. The number of carbonyl (C=O) groups excluding carboxylic acids is 1. The molecule has 0 radical (unpaired) electrons. The molecule has 1 N–H and O–H groups in total. The molecular formula is C18H21N3O4S2. The largest absolute Gasteiger partial charge is 0.372 e. The van der Waals surface area contributed by atoms with E-state index >= 15 is 0 Å². The number of rotatable bonds is 6. The zero-order chi connectivity index (χ0) is 18.9. The number of hydrogen-bond donors (Lipinski definition) is 1. The van der Waals surface area contributed by atoms with E-state index in [1.807, 2.05) is 10.8 Å². The van der Waals surface area contributed by atoms with Crippen molar-refractivity contribution in [3.63, 3.8) is 0 Å². The van der Waals surface area contributed by atoms with E-state index in [0.29, 0.717) is 31.8 Å². The molecule has 9 heteroatoms. The predicted molar refractivity (Wildman–Crippen MR) is 101 cm³/mol. The first-order valence-electron chi connectivity index (χ1n) is 8.86. The van der Waals surface area contributed by atoms with Crippen molar-refractivity contribution in [3.8, 4) is 0 Å². The molecule has 27 heavy (non-hydrogen) atoms. The van der Waals surface area contributed by atoms with Crippen LogP contribution in [0.3, 0.4) is 0 Å². The van der Waals surface area contributed by atoms with Crippen LogP contribution in [-0.2, 0) is 14.8 Å². The monoisotopic (exact) mass is 407 g/mol. The summed E-state index contributed by atoms with van der Waals surface area (Å²) in [5.74, 6) is 0.166. The van der Waals surface area contributed by atoms with Crippen LogP contribution >= 0.6 is 11.3 Å². The lowest BCUT2D eigenvalue weighted by Crippen LogP contribution is -2.66. The lowest BCUT2D eigenvalue weighted by molar-refractivity contribution is -0.102. The Morgan fingerprint density at radius 1 is 1.41 bits per heavy atom. The Morgan fingerprint density at radius 3 is 2.96 bits per heavy atom. The van der Waals surface area contributed by atoms with Crippen LogP contribution in [0, 0.1) is 5.92 Å². The Kier molecular flexibility index (Phi) is 5.02. The molecule has 1 spiro atoms. The fourth-order valence-electron chi connectivity index (χ4n) is 3.77. The quantitative estimate of drug-likeness (QED) is 0.788. The molecule has 2 fully saturated rings. The number of aromatic nitrogens is 1. The van der Waals surface area contributed by atoms with Gasteiger partial charge in [0, 0.05) is 49.6 Å². The minimum atomic E-state index is -3.53. The highest BCUT2D eigenvalue weighted by molar-refractivity contribution is 7.89. The molecule has 0 bridgehead atoms. The van der Waals surface area contributed by atoms with Crippen molar-refractivity contribution in [1.29, 1.82) is 0 Å². The highest BCUT2D eigenvalue weighted by Crippen LogP contribution is 2.43. The second-order valence-electron chi connectivity index (χ2n) is 6.92. The second-order valence-corrected chi connectivity index (χ2v) is 9.64. The number of ether oxygens (including phenoxy) is 1. The third-order valence-electron chi connectivity index (χ3n) is 5.32. The molecule has 0 saturated carbocycles. The maximum atomic E-state index is 12.7. The van der Waals surface area contributed by atoms with Crippen LogP contribution in [0.2, 0.25) is 0 Å². The van der Waals surface area contributed by atoms with Gasteiger partial charge >= 0.3 is 0 Å². The summed E-state index contributed by atoms with van der Waals surface area (Å²) in [6.45, 7) is 1.89. The van der Waals surface area contributed by atoms with Gasteiger partial charge in [-0.05, 0) is 42.3 Å². The van der Waals surface area contributed by atoms with Crippen molar-refractivity contribution >= 4 is 27.3 Å². The van der Waals surface area contributed by atoms with Crippen molar-refractivity contribution in [2.45, 2.75) is 23.3 Å². The van der Waals surface area contributed by atoms with Gasteiger partial charge in [0.15, 0.2) is 0 Å². The molecule has 7 nitrogen and oxygen atoms in total. The number of amides is 1. The van der Waals surface area contributed by atoms with Gasteiger partial charge in [-0.3, -0.25) is 9.78 Å². The van der Waals surface area contributed by atoms with Crippen LogP contribution in [0.25, 0.3) is 0 Å². The van der Waals surface area contributed by atoms with Gasteiger partial charge in [-0.15, -0.1) is 0 Å². The third kappa shape index (κ3) is 3.52. The number of nitrogens with one attached hydrogen (secondary N) is 1. The number of thiophene rings is 1. The summed E-state index contributed by atoms with van der Waals surface area (Å²) in [4.78, 5) is 16.1. The van der Waals surface area contributed by atoms with Gasteiger partial charge in [0.05, 0.1) is 5.60 Å². The first kappa shape index (κ1) is 18.5. The van der Waals surface area contributed by atoms with Crippen LogP contribution < -0.4 is 5.32 Å². The van der Waals surface area contributed by atoms with Crippen LogP contribution in [-0.4, -0.2) is 55.5 Å². The van der Waals surface area contributed by atoms with E-state index < -0.39 is 15.6 Å². The van der Waals surface area contributed by atoms with Crippen LogP contribution in [0.15, 0.2) is 46.2 Å². The van der Waals surface area contributed by atoms with E-state index in [0.717, 1.165) is 12.8 Å². The SMILES string of the molecule is O=C(NCC[C@@H]1CCOC12CN(S(=O)(=O)c1cccnc1)C2)c1ccsc1. The van der Waals surface area contributed by atoms with Gasteiger partial charge in [-0.25, -0.2) is 8.42 Å². The predicted octanol–water partition coefficient (Wildman–Crippen LogP) is 1.74. The lowest BCUT2D eigenvalue weighted by Gasteiger charge is -2.49. The first-order valence-corrected chi connectivity index (χ1v) is 11.2. The van der Waals surface area contributed by atoms with E-state index in [1.165, 1.54) is 21.8 Å². The summed E-state index contributed by atoms with van der Waals surface area (Å²) < 4.78 is 32.7. The van der Waals surface area contributed by atoms with Crippen molar-refractivity contribution in [3.05, 3.63) is 46.9 Å². The maximum Gasteiger partial charge on any atom is 0.252 e. The Labute approximate surface area is 162 Å². The number of nitrogens with zero attached hydrogens (tertiary/aromatic N) is 2. The highest BCUT2D eigenvalue weighted by Gasteiger charge is 2.56. The standard InChI is InChI=1S/C18H21N3O4S2/c22-17(14-5-9-26-11-14)20-7-3-15-4-8-25-18(15)12-21(13-18)27(23,24)16-2-1-6-19-10-16/h1-2,5-6,9-11,15H,3-4,7-8,12-13H2,(H,20,22)/t15-/m1/s1. The molecule has 0 aromatic carbocycles. The summed E-state index contributed by atoms with van der Waals surface area (Å²) in [6.07, 6.45) is 4.58. The molecule has 2 aliphatic heterocycles. The van der Waals surface area contributed by atoms with Gasteiger partial charge in [-0.1, -0.05) is 0 Å². The molecule has 0 aliphatic carbocycles. The molecule has 1 amide bonds.